The molecule has 0 heterocycles. The van der Waals surface area contributed by atoms with E-state index in [1.807, 2.05) is 31.2 Å². The maximum atomic E-state index is 13.7. The Labute approximate surface area is 220 Å². The van der Waals surface area contributed by atoms with Crippen molar-refractivity contribution in [2.75, 3.05) is 23.7 Å². The quantitative estimate of drug-likeness (QED) is 0.347. The van der Waals surface area contributed by atoms with E-state index in [0.29, 0.717) is 6.54 Å². The molecule has 0 aliphatic carbocycles. The highest BCUT2D eigenvalue weighted by Gasteiger charge is 2.26. The number of amides is 2. The van der Waals surface area contributed by atoms with Gasteiger partial charge in [-0.25, -0.2) is 17.2 Å². The Kier molecular flexibility index (Phi) is 11.3. The summed E-state index contributed by atoms with van der Waals surface area (Å²) in [5, 5.41) is 2.85. The minimum absolute atomic E-state index is 0.0292. The molecule has 0 radical (unpaired) electrons. The van der Waals surface area contributed by atoms with Crippen molar-refractivity contribution < 1.29 is 26.8 Å². The molecular formula is C25H32BrF2N3O4S. The maximum Gasteiger partial charge on any atom is 0.242 e. The molecule has 2 amide bonds. The first-order valence-corrected chi connectivity index (χ1v) is 14.3. The molecule has 0 saturated carbocycles. The van der Waals surface area contributed by atoms with Gasteiger partial charge >= 0.3 is 0 Å². The molecule has 198 valence electrons. The molecule has 0 aromatic heterocycles. The standard InChI is InChI=1S/C25H32BrF2N3O4S/c1-4-5-13-29-25(33)18(2)30(17-19-8-6-9-20(26)15-19)24(32)10-7-14-31(36(3,34)35)21-11-12-22(27)23(28)16-21/h6,8-9,11-12,15-16,18H,4-5,7,10,13-14,17H2,1-3H3,(H,29,33)/t18-/m0/s1. The molecule has 1 atom stereocenters. The number of halogens is 3. The Morgan fingerprint density at radius 1 is 1.08 bits per heavy atom. The molecular weight excluding hydrogens is 556 g/mol. The van der Waals surface area contributed by atoms with E-state index in [2.05, 4.69) is 21.2 Å². The van der Waals surface area contributed by atoms with Crippen LogP contribution in [0.4, 0.5) is 14.5 Å². The zero-order valence-corrected chi connectivity index (χ0v) is 23.0. The smallest absolute Gasteiger partial charge is 0.242 e. The van der Waals surface area contributed by atoms with Crippen molar-refractivity contribution in [3.8, 4) is 0 Å². The summed E-state index contributed by atoms with van der Waals surface area (Å²) in [6, 6.07) is 9.48. The summed E-state index contributed by atoms with van der Waals surface area (Å²) in [6.45, 7) is 4.26. The number of benzene rings is 2. The largest absolute Gasteiger partial charge is 0.354 e. The summed E-state index contributed by atoms with van der Waals surface area (Å²) in [5.74, 6) is -2.85. The number of carbonyl (C=O) groups excluding carboxylic acids is 2. The van der Waals surface area contributed by atoms with Crippen LogP contribution in [0.3, 0.4) is 0 Å². The monoisotopic (exact) mass is 587 g/mol. The van der Waals surface area contributed by atoms with Crippen LogP contribution in [0.15, 0.2) is 46.9 Å². The number of hydrogen-bond donors (Lipinski definition) is 1. The molecule has 36 heavy (non-hydrogen) atoms. The molecule has 2 aromatic carbocycles. The van der Waals surface area contributed by atoms with Crippen LogP contribution in [0.5, 0.6) is 0 Å². The molecule has 0 saturated heterocycles. The van der Waals surface area contributed by atoms with Crippen LogP contribution < -0.4 is 9.62 Å². The van der Waals surface area contributed by atoms with Crippen LogP contribution in [-0.2, 0) is 26.2 Å². The van der Waals surface area contributed by atoms with Gasteiger partial charge in [0.2, 0.25) is 21.8 Å². The van der Waals surface area contributed by atoms with E-state index < -0.39 is 27.7 Å². The molecule has 0 bridgehead atoms. The van der Waals surface area contributed by atoms with Crippen LogP contribution in [0.1, 0.15) is 45.1 Å². The lowest BCUT2D eigenvalue weighted by Crippen LogP contribution is -2.48. The third-order valence-electron chi connectivity index (χ3n) is 5.58. The Morgan fingerprint density at radius 3 is 2.42 bits per heavy atom. The predicted octanol–water partition coefficient (Wildman–Crippen LogP) is 4.61. The SMILES string of the molecule is CCCCNC(=O)[C@H](C)N(Cc1cccc(Br)c1)C(=O)CCCN(c1ccc(F)c(F)c1)S(C)(=O)=O. The molecule has 11 heteroatoms. The maximum absolute atomic E-state index is 13.7. The zero-order valence-electron chi connectivity index (χ0n) is 20.6. The second-order valence-electron chi connectivity index (χ2n) is 8.51. The van der Waals surface area contributed by atoms with Crippen molar-refractivity contribution in [2.24, 2.45) is 0 Å². The number of unbranched alkanes of at least 4 members (excludes halogenated alkanes) is 1. The number of anilines is 1. The number of rotatable bonds is 13. The summed E-state index contributed by atoms with van der Waals surface area (Å²) in [7, 11) is -3.81. The third-order valence-corrected chi connectivity index (χ3v) is 7.27. The first-order chi connectivity index (χ1) is 16.9. The van der Waals surface area contributed by atoms with E-state index in [9.17, 15) is 26.8 Å². The average Bonchev–Trinajstić information content (AvgIpc) is 2.81. The van der Waals surface area contributed by atoms with Gasteiger partial charge < -0.3 is 10.2 Å². The topological polar surface area (TPSA) is 86.8 Å². The zero-order chi connectivity index (χ0) is 26.9. The Morgan fingerprint density at radius 2 is 1.81 bits per heavy atom. The van der Waals surface area contributed by atoms with Gasteiger partial charge in [0.25, 0.3) is 0 Å². The van der Waals surface area contributed by atoms with E-state index in [1.54, 1.807) is 6.92 Å². The summed E-state index contributed by atoms with van der Waals surface area (Å²) in [6.07, 6.45) is 2.77. The molecule has 0 aliphatic rings. The van der Waals surface area contributed by atoms with Crippen LogP contribution in [0.2, 0.25) is 0 Å². The predicted molar refractivity (Wildman–Crippen MR) is 140 cm³/mol. The fourth-order valence-electron chi connectivity index (χ4n) is 3.59. The fourth-order valence-corrected chi connectivity index (χ4v) is 5.00. The third kappa shape index (κ3) is 8.85. The van der Waals surface area contributed by atoms with Gasteiger partial charge in [-0.2, -0.15) is 0 Å². The normalized spacial score (nSPS) is 12.2. The van der Waals surface area contributed by atoms with Crippen molar-refractivity contribution >= 4 is 43.5 Å². The highest BCUT2D eigenvalue weighted by atomic mass is 79.9. The first-order valence-electron chi connectivity index (χ1n) is 11.7. The van der Waals surface area contributed by atoms with Gasteiger partial charge in [0.05, 0.1) is 11.9 Å². The molecule has 2 rings (SSSR count). The van der Waals surface area contributed by atoms with Gasteiger partial charge in [0.1, 0.15) is 6.04 Å². The van der Waals surface area contributed by atoms with Crippen molar-refractivity contribution in [2.45, 2.75) is 52.1 Å². The van der Waals surface area contributed by atoms with Crippen molar-refractivity contribution in [3.63, 3.8) is 0 Å². The number of nitrogens with one attached hydrogen (secondary N) is 1. The van der Waals surface area contributed by atoms with E-state index >= 15 is 0 Å². The highest BCUT2D eigenvalue weighted by molar-refractivity contribution is 9.10. The average molecular weight is 589 g/mol. The summed E-state index contributed by atoms with van der Waals surface area (Å²) < 4.78 is 53.4. The number of carbonyl (C=O) groups is 2. The van der Waals surface area contributed by atoms with Crippen molar-refractivity contribution in [1.29, 1.82) is 0 Å². The van der Waals surface area contributed by atoms with E-state index in [0.717, 1.165) is 45.6 Å². The second-order valence-corrected chi connectivity index (χ2v) is 11.3. The number of sulfonamides is 1. The lowest BCUT2D eigenvalue weighted by Gasteiger charge is -2.29. The fraction of sp³-hybridized carbons (Fsp3) is 0.440. The molecule has 0 spiro atoms. The van der Waals surface area contributed by atoms with Crippen LogP contribution in [-0.4, -0.2) is 50.5 Å². The van der Waals surface area contributed by atoms with Gasteiger partial charge in [-0.15, -0.1) is 0 Å². The van der Waals surface area contributed by atoms with Gasteiger partial charge in [0.15, 0.2) is 11.6 Å². The van der Waals surface area contributed by atoms with E-state index in [-0.39, 0.29) is 43.4 Å². The Hall–Kier alpha value is -2.53. The summed E-state index contributed by atoms with van der Waals surface area (Å²) >= 11 is 3.41. The van der Waals surface area contributed by atoms with Crippen molar-refractivity contribution in [1.82, 2.24) is 10.2 Å². The molecule has 1 N–H and O–H groups in total. The molecule has 7 nitrogen and oxygen atoms in total. The minimum atomic E-state index is -3.81. The lowest BCUT2D eigenvalue weighted by molar-refractivity contribution is -0.140. The van der Waals surface area contributed by atoms with Crippen molar-refractivity contribution in [3.05, 3.63) is 64.1 Å². The van der Waals surface area contributed by atoms with Crippen LogP contribution in [0, 0.1) is 11.6 Å². The second kappa shape index (κ2) is 13.7. The highest BCUT2D eigenvalue weighted by Crippen LogP contribution is 2.22. The van der Waals surface area contributed by atoms with Crippen LogP contribution in [0.25, 0.3) is 0 Å². The lowest BCUT2D eigenvalue weighted by atomic mass is 10.1. The number of nitrogens with zero attached hydrogens (tertiary/aromatic N) is 2. The molecule has 2 aromatic rings. The van der Waals surface area contributed by atoms with E-state index in [1.165, 1.54) is 11.0 Å². The molecule has 0 aliphatic heterocycles. The Balaban J connectivity index is 2.16. The number of hydrogen-bond acceptors (Lipinski definition) is 4. The summed E-state index contributed by atoms with van der Waals surface area (Å²) in [4.78, 5) is 27.4. The molecule has 0 unspecified atom stereocenters. The van der Waals surface area contributed by atoms with Gasteiger partial charge in [0, 0.05) is 36.6 Å². The Bertz CT molecular complexity index is 1160. The van der Waals surface area contributed by atoms with Gasteiger partial charge in [-0.3, -0.25) is 13.9 Å². The first kappa shape index (κ1) is 29.7. The van der Waals surface area contributed by atoms with E-state index in [4.69, 9.17) is 0 Å². The summed E-state index contributed by atoms with van der Waals surface area (Å²) in [5.41, 5.74) is 0.795. The van der Waals surface area contributed by atoms with Crippen LogP contribution >= 0.6 is 15.9 Å². The molecule has 0 fully saturated rings. The van der Waals surface area contributed by atoms with Gasteiger partial charge in [-0.1, -0.05) is 41.4 Å². The van der Waals surface area contributed by atoms with Gasteiger partial charge in [-0.05, 0) is 49.6 Å². The minimum Gasteiger partial charge on any atom is -0.354 e.